The van der Waals surface area contributed by atoms with Gasteiger partial charge in [0.1, 0.15) is 18.4 Å². The Morgan fingerprint density at radius 2 is 1.76 bits per heavy atom. The third-order valence-electron chi connectivity index (χ3n) is 5.32. The Labute approximate surface area is 205 Å². The number of rotatable bonds is 10. The Hall–Kier alpha value is -2.65. The number of benzene rings is 2. The third kappa shape index (κ3) is 7.43. The molecule has 7 nitrogen and oxygen atoms in total. The van der Waals surface area contributed by atoms with Crippen molar-refractivity contribution in [3.05, 3.63) is 64.4 Å². The molecule has 2 rings (SSSR count). The fourth-order valence-corrected chi connectivity index (χ4v) is 4.28. The number of carbonyl (C=O) groups excluding carboxylic acids is 2. The summed E-state index contributed by atoms with van der Waals surface area (Å²) in [6, 6.07) is 10.0. The van der Waals surface area contributed by atoms with Crippen LogP contribution in [0.5, 0.6) is 0 Å². The first-order valence-electron chi connectivity index (χ1n) is 10.9. The van der Waals surface area contributed by atoms with E-state index < -0.39 is 34.3 Å². The first kappa shape index (κ1) is 27.6. The van der Waals surface area contributed by atoms with E-state index in [1.54, 1.807) is 6.92 Å². The lowest BCUT2D eigenvalue weighted by Crippen LogP contribution is -2.51. The largest absolute Gasteiger partial charge is 0.354 e. The maximum absolute atomic E-state index is 13.6. The number of amides is 2. The van der Waals surface area contributed by atoms with Crippen LogP contribution in [0.15, 0.2) is 42.5 Å². The molecule has 0 aromatic heterocycles. The second-order valence-corrected chi connectivity index (χ2v) is 10.9. The monoisotopic (exact) mass is 511 g/mol. The molecule has 186 valence electrons. The van der Waals surface area contributed by atoms with Gasteiger partial charge in [0.05, 0.1) is 17.0 Å². The number of nitrogens with zero attached hydrogens (tertiary/aromatic N) is 2. The van der Waals surface area contributed by atoms with Crippen molar-refractivity contribution in [3.8, 4) is 0 Å². The summed E-state index contributed by atoms with van der Waals surface area (Å²) in [5, 5.41) is 2.56. The average Bonchev–Trinajstić information content (AvgIpc) is 2.75. The van der Waals surface area contributed by atoms with Crippen LogP contribution < -0.4 is 9.62 Å². The lowest BCUT2D eigenvalue weighted by Gasteiger charge is -2.32. The van der Waals surface area contributed by atoms with Crippen molar-refractivity contribution in [3.63, 3.8) is 0 Å². The van der Waals surface area contributed by atoms with Gasteiger partial charge < -0.3 is 10.2 Å². The third-order valence-corrected chi connectivity index (χ3v) is 6.75. The first-order valence-corrected chi connectivity index (χ1v) is 13.1. The summed E-state index contributed by atoms with van der Waals surface area (Å²) in [6.45, 7) is 7.39. The molecule has 0 aliphatic rings. The number of aryl methyl sites for hydroxylation is 1. The Morgan fingerprint density at radius 3 is 2.32 bits per heavy atom. The lowest BCUT2D eigenvalue weighted by atomic mass is 10.1. The normalized spacial score (nSPS) is 12.4. The zero-order valence-corrected chi connectivity index (χ0v) is 21.6. The highest BCUT2D eigenvalue weighted by molar-refractivity contribution is 7.92. The van der Waals surface area contributed by atoms with E-state index >= 15 is 0 Å². The number of nitrogens with one attached hydrogen (secondary N) is 1. The van der Waals surface area contributed by atoms with Gasteiger partial charge in [0.2, 0.25) is 21.8 Å². The zero-order valence-electron chi connectivity index (χ0n) is 20.0. The molecule has 1 atom stereocenters. The van der Waals surface area contributed by atoms with E-state index in [4.69, 9.17) is 11.6 Å². The second-order valence-electron chi connectivity index (χ2n) is 8.63. The molecule has 0 aliphatic heterocycles. The fourth-order valence-electron chi connectivity index (χ4n) is 3.26. The van der Waals surface area contributed by atoms with Gasteiger partial charge in [-0.25, -0.2) is 12.8 Å². The summed E-state index contributed by atoms with van der Waals surface area (Å²) < 4.78 is 39.5. The van der Waals surface area contributed by atoms with Crippen molar-refractivity contribution >= 4 is 39.1 Å². The number of anilines is 1. The van der Waals surface area contributed by atoms with Gasteiger partial charge in [-0.3, -0.25) is 13.9 Å². The van der Waals surface area contributed by atoms with Crippen LogP contribution >= 0.6 is 11.6 Å². The molecular weight excluding hydrogens is 481 g/mol. The summed E-state index contributed by atoms with van der Waals surface area (Å²) in [7, 11) is -3.92. The highest BCUT2D eigenvalue weighted by Crippen LogP contribution is 2.25. The summed E-state index contributed by atoms with van der Waals surface area (Å²) in [4.78, 5) is 27.6. The highest BCUT2D eigenvalue weighted by Gasteiger charge is 2.30. The Bertz CT molecular complexity index is 1140. The Balaban J connectivity index is 2.40. The molecule has 0 heterocycles. The summed E-state index contributed by atoms with van der Waals surface area (Å²) in [6.07, 6.45) is 0.946. The SMILES string of the molecule is Cc1ccccc1CN(C(=O)CN(c1ccc(F)c(Cl)c1)S(C)(=O)=O)[C@@H](C)C(=O)NCC(C)C. The van der Waals surface area contributed by atoms with Gasteiger partial charge >= 0.3 is 0 Å². The van der Waals surface area contributed by atoms with E-state index in [-0.39, 0.29) is 29.1 Å². The van der Waals surface area contributed by atoms with Crippen LogP contribution in [0.2, 0.25) is 5.02 Å². The maximum atomic E-state index is 13.6. The van der Waals surface area contributed by atoms with Crippen molar-refractivity contribution in [2.45, 2.75) is 40.3 Å². The molecule has 1 N–H and O–H groups in total. The topological polar surface area (TPSA) is 86.8 Å². The van der Waals surface area contributed by atoms with Gasteiger partial charge in [-0.15, -0.1) is 0 Å². The van der Waals surface area contributed by atoms with E-state index in [0.29, 0.717) is 6.54 Å². The second kappa shape index (κ2) is 11.7. The van der Waals surface area contributed by atoms with Crippen molar-refractivity contribution < 1.29 is 22.4 Å². The summed E-state index contributed by atoms with van der Waals surface area (Å²) in [5.41, 5.74) is 1.81. The maximum Gasteiger partial charge on any atom is 0.244 e. The van der Waals surface area contributed by atoms with E-state index in [2.05, 4.69) is 5.32 Å². The van der Waals surface area contributed by atoms with Crippen LogP contribution in [0.3, 0.4) is 0 Å². The molecule has 2 aromatic rings. The fraction of sp³-hybridized carbons (Fsp3) is 0.417. The number of carbonyl (C=O) groups is 2. The summed E-state index contributed by atoms with van der Waals surface area (Å²) in [5.74, 6) is -1.41. The lowest BCUT2D eigenvalue weighted by molar-refractivity contribution is -0.139. The van der Waals surface area contributed by atoms with Crippen molar-refractivity contribution in [2.24, 2.45) is 5.92 Å². The molecule has 2 aromatic carbocycles. The Kier molecular flexibility index (Phi) is 9.46. The number of hydrogen-bond donors (Lipinski definition) is 1. The van der Waals surface area contributed by atoms with Crippen LogP contribution in [0.4, 0.5) is 10.1 Å². The van der Waals surface area contributed by atoms with Crippen LogP contribution in [-0.4, -0.2) is 50.5 Å². The predicted octanol–water partition coefficient (Wildman–Crippen LogP) is 3.74. The van der Waals surface area contributed by atoms with Crippen molar-refractivity contribution in [1.29, 1.82) is 0 Å². The van der Waals surface area contributed by atoms with Gasteiger partial charge in [-0.05, 0) is 49.1 Å². The number of hydrogen-bond acceptors (Lipinski definition) is 4. The van der Waals surface area contributed by atoms with Gasteiger partial charge in [0.25, 0.3) is 0 Å². The zero-order chi connectivity index (χ0) is 25.6. The van der Waals surface area contributed by atoms with E-state index in [1.165, 1.54) is 11.0 Å². The average molecular weight is 512 g/mol. The van der Waals surface area contributed by atoms with Gasteiger partial charge in [0.15, 0.2) is 0 Å². The molecule has 0 aliphatic carbocycles. The van der Waals surface area contributed by atoms with Crippen LogP contribution in [0.1, 0.15) is 31.9 Å². The summed E-state index contributed by atoms with van der Waals surface area (Å²) >= 11 is 5.84. The van der Waals surface area contributed by atoms with Crippen LogP contribution in [-0.2, 0) is 26.2 Å². The van der Waals surface area contributed by atoms with Crippen LogP contribution in [0.25, 0.3) is 0 Å². The molecule has 0 spiro atoms. The minimum absolute atomic E-state index is 0.0509. The minimum atomic E-state index is -3.92. The Morgan fingerprint density at radius 1 is 1.12 bits per heavy atom. The van der Waals surface area contributed by atoms with E-state index in [0.717, 1.165) is 33.8 Å². The van der Waals surface area contributed by atoms with Crippen molar-refractivity contribution in [2.75, 3.05) is 23.7 Å². The molecule has 34 heavy (non-hydrogen) atoms. The van der Waals surface area contributed by atoms with E-state index in [1.807, 2.05) is 45.0 Å². The smallest absolute Gasteiger partial charge is 0.244 e. The highest BCUT2D eigenvalue weighted by atomic mass is 35.5. The number of halogens is 2. The molecule has 0 saturated heterocycles. The predicted molar refractivity (Wildman–Crippen MR) is 133 cm³/mol. The molecular formula is C24H31ClFN3O4S. The minimum Gasteiger partial charge on any atom is -0.354 e. The molecule has 10 heteroatoms. The van der Waals surface area contributed by atoms with Gasteiger partial charge in [-0.1, -0.05) is 49.7 Å². The number of sulfonamides is 1. The molecule has 2 amide bonds. The standard InChI is InChI=1S/C24H31ClFN3O4S/c1-16(2)13-27-24(31)18(4)28(14-19-9-7-6-8-17(19)3)23(30)15-29(34(5,32)33)20-10-11-22(26)21(25)12-20/h6-12,16,18H,13-15H2,1-5H3,(H,27,31)/t18-/m0/s1. The van der Waals surface area contributed by atoms with Gasteiger partial charge in [0, 0.05) is 13.1 Å². The van der Waals surface area contributed by atoms with Crippen molar-refractivity contribution in [1.82, 2.24) is 10.2 Å². The molecule has 0 unspecified atom stereocenters. The molecule has 0 bridgehead atoms. The molecule has 0 fully saturated rings. The molecule has 0 saturated carbocycles. The molecule has 0 radical (unpaired) electrons. The van der Waals surface area contributed by atoms with Gasteiger partial charge in [-0.2, -0.15) is 0 Å². The van der Waals surface area contributed by atoms with E-state index in [9.17, 15) is 22.4 Å². The quantitative estimate of drug-likeness (QED) is 0.526. The van der Waals surface area contributed by atoms with Crippen LogP contribution in [0, 0.1) is 18.7 Å². The first-order chi connectivity index (χ1) is 15.8.